The summed E-state index contributed by atoms with van der Waals surface area (Å²) in [4.78, 5) is 0. The van der Waals surface area contributed by atoms with E-state index in [0.717, 1.165) is 0 Å². The maximum absolute atomic E-state index is 13.7. The summed E-state index contributed by atoms with van der Waals surface area (Å²) < 4.78 is 39.1. The molecule has 6 heteroatoms. The molecule has 0 bridgehead atoms. The van der Waals surface area contributed by atoms with Crippen molar-refractivity contribution in [2.45, 2.75) is 25.8 Å². The molecule has 0 aliphatic rings. The first-order valence-electron chi connectivity index (χ1n) is 6.16. The van der Waals surface area contributed by atoms with E-state index >= 15 is 0 Å². The third-order valence-corrected chi connectivity index (χ3v) is 5.39. The predicted octanol–water partition coefficient (Wildman–Crippen LogP) is 3.17. The number of unbranched alkanes of at least 4 members (excludes halogenated alkanes) is 1. The molecule has 0 N–H and O–H groups in total. The third kappa shape index (κ3) is 4.44. The fourth-order valence-electron chi connectivity index (χ4n) is 1.77. The van der Waals surface area contributed by atoms with E-state index in [9.17, 15) is 12.8 Å². The Morgan fingerprint density at radius 3 is 2.53 bits per heavy atom. The van der Waals surface area contributed by atoms with Gasteiger partial charge in [0, 0.05) is 24.5 Å². The van der Waals surface area contributed by atoms with Crippen LogP contribution < -0.4 is 0 Å². The molecule has 1 atom stereocenters. The minimum absolute atomic E-state index is 0.0367. The van der Waals surface area contributed by atoms with Gasteiger partial charge in [-0.2, -0.15) is 4.31 Å². The molecule has 0 aliphatic heterocycles. The second-order valence-electron chi connectivity index (χ2n) is 4.43. The summed E-state index contributed by atoms with van der Waals surface area (Å²) in [7, 11) is -1.91. The summed E-state index contributed by atoms with van der Waals surface area (Å²) in [5.74, 6) is 0.0923. The lowest BCUT2D eigenvalue weighted by Gasteiger charge is -2.25. The molecule has 0 heterocycles. The van der Waals surface area contributed by atoms with Crippen LogP contribution in [0.25, 0.3) is 0 Å². The Morgan fingerprint density at radius 2 is 1.95 bits per heavy atom. The van der Waals surface area contributed by atoms with Gasteiger partial charge in [0.2, 0.25) is 10.0 Å². The molecule has 1 rings (SSSR count). The molecule has 0 saturated carbocycles. The van der Waals surface area contributed by atoms with E-state index in [0.29, 0.717) is 24.3 Å². The lowest BCUT2D eigenvalue weighted by molar-refractivity contribution is 0.387. The van der Waals surface area contributed by atoms with Crippen LogP contribution in [0.1, 0.15) is 31.4 Å². The monoisotopic (exact) mass is 307 g/mol. The predicted molar refractivity (Wildman–Crippen MR) is 76.3 cm³/mol. The summed E-state index contributed by atoms with van der Waals surface area (Å²) >= 11 is 5.53. The van der Waals surface area contributed by atoms with Gasteiger partial charge in [0.15, 0.2) is 0 Å². The molecule has 0 amide bonds. The Labute approximate surface area is 119 Å². The topological polar surface area (TPSA) is 37.4 Å². The summed E-state index contributed by atoms with van der Waals surface area (Å²) in [6.07, 6.45) is 1.17. The highest BCUT2D eigenvalue weighted by atomic mass is 35.5. The molecule has 0 radical (unpaired) electrons. The molecule has 0 spiro atoms. The molecular weight excluding hydrogens is 289 g/mol. The van der Waals surface area contributed by atoms with Crippen molar-refractivity contribution in [1.29, 1.82) is 0 Å². The number of hydrogen-bond acceptors (Lipinski definition) is 2. The van der Waals surface area contributed by atoms with E-state index in [-0.39, 0.29) is 5.75 Å². The molecule has 0 aromatic heterocycles. The van der Waals surface area contributed by atoms with Crippen LogP contribution in [0.15, 0.2) is 24.3 Å². The van der Waals surface area contributed by atoms with Crippen molar-refractivity contribution < 1.29 is 12.8 Å². The van der Waals surface area contributed by atoms with Crippen molar-refractivity contribution in [3.05, 3.63) is 35.6 Å². The number of halogens is 2. The van der Waals surface area contributed by atoms with Gasteiger partial charge >= 0.3 is 0 Å². The van der Waals surface area contributed by atoms with Crippen LogP contribution in [-0.4, -0.2) is 31.4 Å². The van der Waals surface area contributed by atoms with E-state index in [2.05, 4.69) is 0 Å². The third-order valence-electron chi connectivity index (χ3n) is 3.13. The van der Waals surface area contributed by atoms with Crippen molar-refractivity contribution in [3.8, 4) is 0 Å². The zero-order valence-corrected chi connectivity index (χ0v) is 12.7. The van der Waals surface area contributed by atoms with Gasteiger partial charge in [0.1, 0.15) is 5.82 Å². The van der Waals surface area contributed by atoms with Gasteiger partial charge in [0.05, 0.1) is 5.75 Å². The highest BCUT2D eigenvalue weighted by molar-refractivity contribution is 7.89. The lowest BCUT2D eigenvalue weighted by Crippen LogP contribution is -2.32. The fourth-order valence-corrected chi connectivity index (χ4v) is 3.41. The van der Waals surface area contributed by atoms with Crippen LogP contribution in [0.5, 0.6) is 0 Å². The Morgan fingerprint density at radius 1 is 1.32 bits per heavy atom. The zero-order chi connectivity index (χ0) is 14.5. The highest BCUT2D eigenvalue weighted by Gasteiger charge is 2.25. The van der Waals surface area contributed by atoms with E-state index in [1.807, 2.05) is 0 Å². The zero-order valence-electron chi connectivity index (χ0n) is 11.1. The van der Waals surface area contributed by atoms with E-state index in [1.54, 1.807) is 25.1 Å². The molecule has 0 saturated heterocycles. The van der Waals surface area contributed by atoms with Crippen molar-refractivity contribution in [3.63, 3.8) is 0 Å². The quantitative estimate of drug-likeness (QED) is 0.573. The molecule has 108 valence electrons. The minimum atomic E-state index is -3.39. The van der Waals surface area contributed by atoms with Gasteiger partial charge < -0.3 is 0 Å². The van der Waals surface area contributed by atoms with Crippen LogP contribution in [0.4, 0.5) is 4.39 Å². The largest absolute Gasteiger partial charge is 0.214 e. The van der Waals surface area contributed by atoms with Crippen LogP contribution >= 0.6 is 11.6 Å². The molecule has 1 aromatic carbocycles. The molecule has 1 unspecified atom stereocenters. The Hall–Kier alpha value is -0.650. The Bertz CT molecular complexity index is 507. The first-order valence-corrected chi connectivity index (χ1v) is 8.30. The standard InChI is InChI=1S/C13H19ClFNO2S/c1-11(12-7-3-4-8-13(12)15)16(2)19(17,18)10-6-5-9-14/h3-4,7-8,11H,5-6,9-10H2,1-2H3. The van der Waals surface area contributed by atoms with E-state index in [4.69, 9.17) is 11.6 Å². The van der Waals surface area contributed by atoms with E-state index in [1.165, 1.54) is 17.4 Å². The van der Waals surface area contributed by atoms with Gasteiger partial charge in [-0.15, -0.1) is 11.6 Å². The van der Waals surface area contributed by atoms with Crippen molar-refractivity contribution in [1.82, 2.24) is 4.31 Å². The molecule has 0 fully saturated rings. The molecule has 3 nitrogen and oxygen atoms in total. The summed E-state index contributed by atoms with van der Waals surface area (Å²) in [6, 6.07) is 5.69. The van der Waals surface area contributed by atoms with Crippen LogP contribution in [0, 0.1) is 5.82 Å². The summed E-state index contributed by atoms with van der Waals surface area (Å²) in [5, 5.41) is 0. The van der Waals surface area contributed by atoms with Crippen molar-refractivity contribution in [2.24, 2.45) is 0 Å². The number of sulfonamides is 1. The van der Waals surface area contributed by atoms with Gasteiger partial charge in [-0.25, -0.2) is 12.8 Å². The summed E-state index contributed by atoms with van der Waals surface area (Å²) in [5.41, 5.74) is 0.380. The highest BCUT2D eigenvalue weighted by Crippen LogP contribution is 2.24. The fraction of sp³-hybridized carbons (Fsp3) is 0.538. The second kappa shape index (κ2) is 7.22. The van der Waals surface area contributed by atoms with Crippen molar-refractivity contribution in [2.75, 3.05) is 18.7 Å². The average molecular weight is 308 g/mol. The number of benzene rings is 1. The summed E-state index contributed by atoms with van der Waals surface area (Å²) in [6.45, 7) is 1.68. The van der Waals surface area contributed by atoms with Gasteiger partial charge in [-0.1, -0.05) is 18.2 Å². The van der Waals surface area contributed by atoms with Crippen molar-refractivity contribution >= 4 is 21.6 Å². The van der Waals surface area contributed by atoms with Gasteiger partial charge in [-0.05, 0) is 25.8 Å². The lowest BCUT2D eigenvalue weighted by atomic mass is 10.1. The number of nitrogens with zero attached hydrogens (tertiary/aromatic N) is 1. The van der Waals surface area contributed by atoms with Crippen LogP contribution in [-0.2, 0) is 10.0 Å². The average Bonchev–Trinajstić information content (AvgIpc) is 2.38. The normalized spacial score (nSPS) is 13.7. The molecule has 1 aromatic rings. The smallest absolute Gasteiger partial charge is 0.212 e. The molecule has 0 aliphatic carbocycles. The van der Waals surface area contributed by atoms with Gasteiger partial charge in [0.25, 0.3) is 0 Å². The first-order chi connectivity index (χ1) is 8.90. The Balaban J connectivity index is 2.82. The minimum Gasteiger partial charge on any atom is -0.212 e. The van der Waals surface area contributed by atoms with Crippen LogP contribution in [0.2, 0.25) is 0 Å². The second-order valence-corrected chi connectivity index (χ2v) is 6.95. The first kappa shape index (κ1) is 16.4. The molecular formula is C13H19ClFNO2S. The number of rotatable bonds is 7. The SMILES string of the molecule is CC(c1ccccc1F)N(C)S(=O)(=O)CCCCCl. The van der Waals surface area contributed by atoms with Gasteiger partial charge in [-0.3, -0.25) is 0 Å². The maximum atomic E-state index is 13.7. The van der Waals surface area contributed by atoms with Crippen LogP contribution in [0.3, 0.4) is 0 Å². The van der Waals surface area contributed by atoms with E-state index < -0.39 is 21.9 Å². The number of alkyl halides is 1. The number of hydrogen-bond donors (Lipinski definition) is 0. The molecule has 19 heavy (non-hydrogen) atoms. The Kier molecular flexibility index (Phi) is 6.23. The maximum Gasteiger partial charge on any atom is 0.214 e.